The maximum absolute atomic E-state index is 11.9. The monoisotopic (exact) mass is 325 g/mol. The summed E-state index contributed by atoms with van der Waals surface area (Å²) < 4.78 is 0. The Morgan fingerprint density at radius 3 is 2.47 bits per heavy atom. The first-order chi connectivity index (χ1) is 9.27. The average Bonchev–Trinajstić information content (AvgIpc) is 2.45. The Labute approximate surface area is 125 Å². The fourth-order valence-electron chi connectivity index (χ4n) is 2.05. The summed E-state index contributed by atoms with van der Waals surface area (Å²) in [5, 5.41) is 3.84. The van der Waals surface area contributed by atoms with Crippen LogP contribution in [0.1, 0.15) is 57.1 Å². The second-order valence-corrected chi connectivity index (χ2v) is 5.50. The highest BCUT2D eigenvalue weighted by atomic mass is 79.9. The number of benzene rings is 1. The molecule has 1 N–H and O–H groups in total. The van der Waals surface area contributed by atoms with E-state index in [1.165, 1.54) is 19.3 Å². The van der Waals surface area contributed by atoms with Crippen LogP contribution in [0.15, 0.2) is 30.3 Å². The molecule has 1 amide bonds. The summed E-state index contributed by atoms with van der Waals surface area (Å²) in [4.78, 5) is 11.9. The minimum absolute atomic E-state index is 0.0735. The van der Waals surface area contributed by atoms with E-state index in [1.54, 1.807) is 0 Å². The smallest absolute Gasteiger partial charge is 0.220 e. The minimum atomic E-state index is 0.0735. The van der Waals surface area contributed by atoms with Crippen LogP contribution in [0.3, 0.4) is 0 Å². The van der Waals surface area contributed by atoms with Gasteiger partial charge in [-0.3, -0.25) is 4.79 Å². The van der Waals surface area contributed by atoms with E-state index >= 15 is 0 Å². The first-order valence-corrected chi connectivity index (χ1v) is 8.30. The standard InChI is InChI=1S/C16H24BrNO/c1-2-3-4-5-9-12-16(19)18-15(13-17)14-10-7-6-8-11-14/h6-8,10-11,15H,2-5,9,12-13H2,1H3,(H,18,19). The number of nitrogens with one attached hydrogen (secondary N) is 1. The molecule has 0 saturated heterocycles. The van der Waals surface area contributed by atoms with Crippen molar-refractivity contribution in [3.8, 4) is 0 Å². The molecule has 0 heterocycles. The normalized spacial score (nSPS) is 12.1. The van der Waals surface area contributed by atoms with Crippen LogP contribution >= 0.6 is 15.9 Å². The molecule has 3 heteroatoms. The lowest BCUT2D eigenvalue weighted by Crippen LogP contribution is -2.29. The number of halogens is 1. The molecule has 0 spiro atoms. The van der Waals surface area contributed by atoms with Gasteiger partial charge < -0.3 is 5.32 Å². The fraction of sp³-hybridized carbons (Fsp3) is 0.562. The van der Waals surface area contributed by atoms with Gasteiger partial charge in [0.1, 0.15) is 0 Å². The van der Waals surface area contributed by atoms with Crippen molar-refractivity contribution in [3.63, 3.8) is 0 Å². The minimum Gasteiger partial charge on any atom is -0.348 e. The number of hydrogen-bond acceptors (Lipinski definition) is 1. The summed E-state index contributed by atoms with van der Waals surface area (Å²) in [6.45, 7) is 2.20. The molecular weight excluding hydrogens is 302 g/mol. The van der Waals surface area contributed by atoms with Gasteiger partial charge in [0, 0.05) is 11.8 Å². The van der Waals surface area contributed by atoms with Gasteiger partial charge in [0.15, 0.2) is 0 Å². The van der Waals surface area contributed by atoms with Crippen LogP contribution in [0.2, 0.25) is 0 Å². The SMILES string of the molecule is CCCCCCCC(=O)NC(CBr)c1ccccc1. The molecule has 1 rings (SSSR count). The molecule has 0 bridgehead atoms. The van der Waals surface area contributed by atoms with Crippen molar-refractivity contribution in [1.29, 1.82) is 0 Å². The Morgan fingerprint density at radius 1 is 1.16 bits per heavy atom. The van der Waals surface area contributed by atoms with Crippen molar-refractivity contribution in [1.82, 2.24) is 5.32 Å². The van der Waals surface area contributed by atoms with Crippen LogP contribution in [0.25, 0.3) is 0 Å². The van der Waals surface area contributed by atoms with Crippen molar-refractivity contribution in [2.24, 2.45) is 0 Å². The summed E-state index contributed by atoms with van der Waals surface area (Å²) in [5.41, 5.74) is 1.15. The topological polar surface area (TPSA) is 29.1 Å². The Morgan fingerprint density at radius 2 is 1.84 bits per heavy atom. The van der Waals surface area contributed by atoms with Gasteiger partial charge >= 0.3 is 0 Å². The van der Waals surface area contributed by atoms with Gasteiger partial charge in [0.05, 0.1) is 6.04 Å². The van der Waals surface area contributed by atoms with Crippen LogP contribution in [0, 0.1) is 0 Å². The van der Waals surface area contributed by atoms with E-state index in [9.17, 15) is 4.79 Å². The van der Waals surface area contributed by atoms with Crippen LogP contribution in [-0.4, -0.2) is 11.2 Å². The number of alkyl halides is 1. The highest BCUT2D eigenvalue weighted by Crippen LogP contribution is 2.15. The molecule has 106 valence electrons. The third-order valence-corrected chi connectivity index (χ3v) is 3.85. The summed E-state index contributed by atoms with van der Waals surface area (Å²) >= 11 is 3.47. The predicted molar refractivity (Wildman–Crippen MR) is 84.5 cm³/mol. The Bertz CT molecular complexity index is 353. The van der Waals surface area contributed by atoms with Crippen molar-refractivity contribution in [3.05, 3.63) is 35.9 Å². The zero-order valence-corrected chi connectivity index (χ0v) is 13.3. The van der Waals surface area contributed by atoms with Gasteiger partial charge in [0.2, 0.25) is 5.91 Å². The summed E-state index contributed by atoms with van der Waals surface area (Å²) in [5.74, 6) is 0.157. The average molecular weight is 326 g/mol. The first kappa shape index (κ1) is 16.2. The molecule has 1 aromatic carbocycles. The molecule has 0 aromatic heterocycles. The quantitative estimate of drug-likeness (QED) is 0.521. The van der Waals surface area contributed by atoms with E-state index in [0.29, 0.717) is 6.42 Å². The molecule has 19 heavy (non-hydrogen) atoms. The fourth-order valence-corrected chi connectivity index (χ4v) is 2.59. The molecule has 1 aromatic rings. The van der Waals surface area contributed by atoms with Crippen LogP contribution in [0.4, 0.5) is 0 Å². The first-order valence-electron chi connectivity index (χ1n) is 7.18. The van der Waals surface area contributed by atoms with Crippen molar-refractivity contribution in [2.75, 3.05) is 5.33 Å². The molecule has 0 saturated carbocycles. The number of carbonyl (C=O) groups excluding carboxylic acids is 1. The van der Waals surface area contributed by atoms with Gasteiger partial charge in [-0.1, -0.05) is 78.9 Å². The predicted octanol–water partition coefficient (Wildman–Crippen LogP) is 4.60. The summed E-state index contributed by atoms with van der Waals surface area (Å²) in [6.07, 6.45) is 6.55. The van der Waals surface area contributed by atoms with Crippen LogP contribution < -0.4 is 5.32 Å². The number of hydrogen-bond donors (Lipinski definition) is 1. The number of unbranched alkanes of at least 4 members (excludes halogenated alkanes) is 4. The van der Waals surface area contributed by atoms with Gasteiger partial charge in [-0.2, -0.15) is 0 Å². The molecule has 1 unspecified atom stereocenters. The van der Waals surface area contributed by atoms with Gasteiger partial charge in [-0.05, 0) is 12.0 Å². The number of amides is 1. The highest BCUT2D eigenvalue weighted by molar-refractivity contribution is 9.09. The lowest BCUT2D eigenvalue weighted by molar-refractivity contribution is -0.121. The van der Waals surface area contributed by atoms with E-state index in [0.717, 1.165) is 23.7 Å². The highest BCUT2D eigenvalue weighted by Gasteiger charge is 2.12. The Kier molecular flexibility index (Phi) is 8.55. The maximum atomic E-state index is 11.9. The molecule has 0 aliphatic carbocycles. The lowest BCUT2D eigenvalue weighted by atomic mass is 10.1. The Balaban J connectivity index is 2.30. The lowest BCUT2D eigenvalue weighted by Gasteiger charge is -2.16. The van der Waals surface area contributed by atoms with Gasteiger partial charge in [-0.15, -0.1) is 0 Å². The van der Waals surface area contributed by atoms with E-state index in [-0.39, 0.29) is 11.9 Å². The van der Waals surface area contributed by atoms with E-state index in [4.69, 9.17) is 0 Å². The van der Waals surface area contributed by atoms with E-state index in [2.05, 4.69) is 28.2 Å². The molecule has 0 aliphatic rings. The van der Waals surface area contributed by atoms with Crippen LogP contribution in [-0.2, 0) is 4.79 Å². The second kappa shape index (κ2) is 10.0. The van der Waals surface area contributed by atoms with E-state index < -0.39 is 0 Å². The molecule has 0 radical (unpaired) electrons. The molecule has 0 fully saturated rings. The van der Waals surface area contributed by atoms with Gasteiger partial charge in [-0.25, -0.2) is 0 Å². The third kappa shape index (κ3) is 6.76. The zero-order chi connectivity index (χ0) is 13.9. The van der Waals surface area contributed by atoms with Crippen molar-refractivity contribution < 1.29 is 4.79 Å². The summed E-state index contributed by atoms with van der Waals surface area (Å²) in [7, 11) is 0. The maximum Gasteiger partial charge on any atom is 0.220 e. The second-order valence-electron chi connectivity index (χ2n) is 4.85. The van der Waals surface area contributed by atoms with Gasteiger partial charge in [0.25, 0.3) is 0 Å². The summed E-state index contributed by atoms with van der Waals surface area (Å²) in [6, 6.07) is 10.2. The zero-order valence-electron chi connectivity index (χ0n) is 11.7. The number of carbonyl (C=O) groups is 1. The Hall–Kier alpha value is -0.830. The van der Waals surface area contributed by atoms with Crippen molar-refractivity contribution >= 4 is 21.8 Å². The van der Waals surface area contributed by atoms with Crippen LogP contribution in [0.5, 0.6) is 0 Å². The molecule has 0 aliphatic heterocycles. The third-order valence-electron chi connectivity index (χ3n) is 3.20. The molecule has 1 atom stereocenters. The molecular formula is C16H24BrNO. The number of rotatable bonds is 9. The largest absolute Gasteiger partial charge is 0.348 e. The van der Waals surface area contributed by atoms with E-state index in [1.807, 2.05) is 30.3 Å². The van der Waals surface area contributed by atoms with Crippen molar-refractivity contribution in [2.45, 2.75) is 51.5 Å². The molecule has 2 nitrogen and oxygen atoms in total.